The predicted molar refractivity (Wildman–Crippen MR) is 93.4 cm³/mol. The fourth-order valence-corrected chi connectivity index (χ4v) is 3.50. The van der Waals surface area contributed by atoms with Gasteiger partial charge in [0.15, 0.2) is 11.5 Å². The van der Waals surface area contributed by atoms with Crippen molar-refractivity contribution in [2.45, 2.75) is 44.2 Å². The lowest BCUT2D eigenvalue weighted by Crippen LogP contribution is -2.50. The number of rotatable bonds is 6. The molecule has 6 heteroatoms. The van der Waals surface area contributed by atoms with Crippen molar-refractivity contribution in [3.8, 4) is 17.6 Å². The van der Waals surface area contributed by atoms with E-state index in [0.717, 1.165) is 43.7 Å². The van der Waals surface area contributed by atoms with Gasteiger partial charge in [0.1, 0.15) is 18.2 Å². The number of nitriles is 1. The molecule has 0 spiro atoms. The number of carbonyl (C=O) groups excluding carboxylic acids is 1. The van der Waals surface area contributed by atoms with E-state index >= 15 is 0 Å². The molecule has 1 fully saturated rings. The van der Waals surface area contributed by atoms with Crippen molar-refractivity contribution < 1.29 is 14.3 Å². The quantitative estimate of drug-likeness (QED) is 0.856. The molecule has 1 aromatic rings. The minimum atomic E-state index is -0.667. The number of benzene rings is 1. The van der Waals surface area contributed by atoms with Crippen molar-refractivity contribution in [2.75, 3.05) is 26.2 Å². The molecule has 0 bridgehead atoms. The molecule has 134 valence electrons. The summed E-state index contributed by atoms with van der Waals surface area (Å²) in [5.41, 5.74) is -0.667. The van der Waals surface area contributed by atoms with Crippen LogP contribution >= 0.6 is 0 Å². The van der Waals surface area contributed by atoms with E-state index in [9.17, 15) is 10.1 Å². The number of ether oxygens (including phenoxy) is 2. The summed E-state index contributed by atoms with van der Waals surface area (Å²) < 4.78 is 11.7. The number of nitrogens with one attached hydrogen (secondary N) is 1. The molecule has 1 N–H and O–H groups in total. The summed E-state index contributed by atoms with van der Waals surface area (Å²) in [7, 11) is 0. The number of nitrogens with zero attached hydrogens (tertiary/aromatic N) is 2. The third-order valence-corrected chi connectivity index (χ3v) is 4.89. The maximum Gasteiger partial charge on any atom is 0.235 e. The van der Waals surface area contributed by atoms with Gasteiger partial charge in [-0.1, -0.05) is 19.1 Å². The van der Waals surface area contributed by atoms with Crippen LogP contribution in [0, 0.1) is 11.3 Å². The topological polar surface area (TPSA) is 74.6 Å². The van der Waals surface area contributed by atoms with Crippen molar-refractivity contribution in [3.05, 3.63) is 24.3 Å². The highest BCUT2D eigenvalue weighted by Crippen LogP contribution is 2.31. The smallest absolute Gasteiger partial charge is 0.235 e. The van der Waals surface area contributed by atoms with E-state index < -0.39 is 5.54 Å². The van der Waals surface area contributed by atoms with Crippen LogP contribution in [0.3, 0.4) is 0 Å². The zero-order chi connectivity index (χ0) is 17.7. The van der Waals surface area contributed by atoms with Gasteiger partial charge in [0.05, 0.1) is 12.6 Å². The number of amides is 1. The molecule has 25 heavy (non-hydrogen) atoms. The molecule has 0 saturated heterocycles. The van der Waals surface area contributed by atoms with Gasteiger partial charge in [-0.3, -0.25) is 9.69 Å². The van der Waals surface area contributed by atoms with Crippen LogP contribution in [0.25, 0.3) is 0 Å². The van der Waals surface area contributed by atoms with Crippen molar-refractivity contribution in [1.29, 1.82) is 5.26 Å². The Morgan fingerprint density at radius 3 is 2.76 bits per heavy atom. The van der Waals surface area contributed by atoms with Gasteiger partial charge >= 0.3 is 0 Å². The van der Waals surface area contributed by atoms with E-state index in [0.29, 0.717) is 13.2 Å². The third-order valence-electron chi connectivity index (χ3n) is 4.89. The van der Waals surface area contributed by atoms with E-state index in [4.69, 9.17) is 9.47 Å². The first-order chi connectivity index (χ1) is 12.1. The van der Waals surface area contributed by atoms with Gasteiger partial charge < -0.3 is 14.8 Å². The van der Waals surface area contributed by atoms with Crippen LogP contribution in [-0.4, -0.2) is 48.7 Å². The summed E-state index contributed by atoms with van der Waals surface area (Å²) in [5.74, 6) is 1.41. The molecule has 1 heterocycles. The highest BCUT2D eigenvalue weighted by molar-refractivity contribution is 5.79. The lowest BCUT2D eigenvalue weighted by Gasteiger charge is -2.31. The van der Waals surface area contributed by atoms with Crippen molar-refractivity contribution in [1.82, 2.24) is 10.2 Å². The average Bonchev–Trinajstić information content (AvgIpc) is 3.10. The molecule has 1 atom stereocenters. The van der Waals surface area contributed by atoms with Gasteiger partial charge in [0.2, 0.25) is 5.91 Å². The van der Waals surface area contributed by atoms with Crippen LogP contribution in [0.2, 0.25) is 0 Å². The second-order valence-corrected chi connectivity index (χ2v) is 6.77. The highest BCUT2D eigenvalue weighted by Gasteiger charge is 2.35. The molecule has 0 unspecified atom stereocenters. The van der Waals surface area contributed by atoms with Crippen LogP contribution in [-0.2, 0) is 4.79 Å². The van der Waals surface area contributed by atoms with Crippen LogP contribution in [0.1, 0.15) is 32.6 Å². The van der Waals surface area contributed by atoms with Crippen LogP contribution in [0.15, 0.2) is 24.3 Å². The van der Waals surface area contributed by atoms with Crippen LogP contribution in [0.5, 0.6) is 11.5 Å². The van der Waals surface area contributed by atoms with Crippen LogP contribution < -0.4 is 14.8 Å². The first-order valence-electron chi connectivity index (χ1n) is 8.97. The van der Waals surface area contributed by atoms with Gasteiger partial charge in [0.25, 0.3) is 0 Å². The SMILES string of the molecule is CCN(CC(=O)NC1(C#N)CCCC1)C[C@@H]1COc2ccccc2O1. The van der Waals surface area contributed by atoms with E-state index in [2.05, 4.69) is 11.4 Å². The van der Waals surface area contributed by atoms with Gasteiger partial charge in [-0.15, -0.1) is 0 Å². The monoisotopic (exact) mass is 343 g/mol. The Bertz CT molecular complexity index is 650. The lowest BCUT2D eigenvalue weighted by molar-refractivity contribution is -0.123. The number of para-hydroxylation sites is 2. The predicted octanol–water partition coefficient (Wildman–Crippen LogP) is 2.10. The van der Waals surface area contributed by atoms with Crippen molar-refractivity contribution >= 4 is 5.91 Å². The summed E-state index contributed by atoms with van der Waals surface area (Å²) in [4.78, 5) is 14.4. The molecule has 0 radical (unpaired) electrons. The van der Waals surface area contributed by atoms with Gasteiger partial charge in [0, 0.05) is 6.54 Å². The number of likely N-dealkylation sites (N-methyl/N-ethyl adjacent to an activating group) is 1. The zero-order valence-corrected chi connectivity index (χ0v) is 14.7. The third kappa shape index (κ3) is 4.23. The fraction of sp³-hybridized carbons (Fsp3) is 0.579. The lowest BCUT2D eigenvalue weighted by atomic mass is 10.00. The van der Waals surface area contributed by atoms with E-state index in [-0.39, 0.29) is 18.6 Å². The Morgan fingerprint density at radius 1 is 1.36 bits per heavy atom. The van der Waals surface area contributed by atoms with Crippen molar-refractivity contribution in [2.24, 2.45) is 0 Å². The van der Waals surface area contributed by atoms with E-state index in [1.165, 1.54) is 0 Å². The number of hydrogen-bond acceptors (Lipinski definition) is 5. The number of fused-ring (bicyclic) bond motifs is 1. The minimum absolute atomic E-state index is 0.0950. The standard InChI is InChI=1S/C19H25N3O3/c1-2-22(12-18(23)21-19(14-20)9-5-6-10-19)11-15-13-24-16-7-3-4-8-17(16)25-15/h3-4,7-8,15H,2,5-6,9-13H2,1H3,(H,21,23)/t15-/m1/s1. The summed E-state index contributed by atoms with van der Waals surface area (Å²) in [5, 5.41) is 12.3. The van der Waals surface area contributed by atoms with Gasteiger partial charge in [-0.25, -0.2) is 0 Å². The number of carbonyl (C=O) groups is 1. The Balaban J connectivity index is 1.53. The molecule has 0 aromatic heterocycles. The number of hydrogen-bond donors (Lipinski definition) is 1. The largest absolute Gasteiger partial charge is 0.486 e. The summed E-state index contributed by atoms with van der Waals surface area (Å²) in [6, 6.07) is 9.91. The van der Waals surface area contributed by atoms with Crippen molar-refractivity contribution in [3.63, 3.8) is 0 Å². The maximum absolute atomic E-state index is 12.4. The Kier molecular flexibility index (Phi) is 5.44. The van der Waals surface area contributed by atoms with Crippen LogP contribution in [0.4, 0.5) is 0 Å². The molecule has 6 nitrogen and oxygen atoms in total. The molecular formula is C19H25N3O3. The van der Waals surface area contributed by atoms with Gasteiger partial charge in [-0.05, 0) is 44.4 Å². The normalized spacial score (nSPS) is 20.9. The Morgan fingerprint density at radius 2 is 2.08 bits per heavy atom. The molecule has 3 rings (SSSR count). The molecule has 1 amide bonds. The molecule has 1 aliphatic carbocycles. The minimum Gasteiger partial charge on any atom is -0.486 e. The van der Waals surface area contributed by atoms with Gasteiger partial charge in [-0.2, -0.15) is 5.26 Å². The first-order valence-corrected chi connectivity index (χ1v) is 8.97. The molecule has 1 saturated carbocycles. The molecule has 2 aliphatic rings. The molecule has 1 aromatic carbocycles. The molecular weight excluding hydrogens is 318 g/mol. The summed E-state index contributed by atoms with van der Waals surface area (Å²) >= 11 is 0. The maximum atomic E-state index is 12.4. The fourth-order valence-electron chi connectivity index (χ4n) is 3.50. The highest BCUT2D eigenvalue weighted by atomic mass is 16.6. The average molecular weight is 343 g/mol. The summed E-state index contributed by atoms with van der Waals surface area (Å²) in [6.45, 7) is 4.09. The first kappa shape index (κ1) is 17.6. The second-order valence-electron chi connectivity index (χ2n) is 6.77. The van der Waals surface area contributed by atoms with E-state index in [1.54, 1.807) is 0 Å². The van der Waals surface area contributed by atoms with E-state index in [1.807, 2.05) is 36.1 Å². The zero-order valence-electron chi connectivity index (χ0n) is 14.7. The summed E-state index contributed by atoms with van der Waals surface area (Å²) in [6.07, 6.45) is 3.38. The second kappa shape index (κ2) is 7.75. The Hall–Kier alpha value is -2.26. The molecule has 1 aliphatic heterocycles. The Labute approximate surface area is 148 Å².